The normalized spacial score (nSPS) is 16.6. The summed E-state index contributed by atoms with van der Waals surface area (Å²) in [6.45, 7) is 3.83. The van der Waals surface area contributed by atoms with Crippen molar-refractivity contribution >= 4 is 5.69 Å². The van der Waals surface area contributed by atoms with Gasteiger partial charge in [-0.05, 0) is 57.4 Å². The van der Waals surface area contributed by atoms with E-state index < -0.39 is 5.54 Å². The van der Waals surface area contributed by atoms with Crippen LogP contribution in [-0.2, 0) is 6.42 Å². The zero-order chi connectivity index (χ0) is 14.6. The van der Waals surface area contributed by atoms with E-state index in [1.54, 1.807) is 6.07 Å². The molecule has 1 aromatic carbocycles. The molecule has 0 radical (unpaired) electrons. The zero-order valence-corrected chi connectivity index (χ0v) is 12.2. The van der Waals surface area contributed by atoms with Crippen LogP contribution in [0.1, 0.15) is 31.7 Å². The van der Waals surface area contributed by atoms with Gasteiger partial charge in [0.2, 0.25) is 0 Å². The number of anilines is 1. The van der Waals surface area contributed by atoms with Crippen molar-refractivity contribution in [2.45, 2.75) is 38.1 Å². The van der Waals surface area contributed by atoms with E-state index in [1.165, 1.54) is 11.6 Å². The molecule has 0 spiro atoms. The molecule has 0 saturated carbocycles. The number of nitrogens with zero attached hydrogens (tertiary/aromatic N) is 2. The summed E-state index contributed by atoms with van der Waals surface area (Å²) in [6, 6.07) is 7.36. The molecule has 1 heterocycles. The van der Waals surface area contributed by atoms with Crippen molar-refractivity contribution in [3.63, 3.8) is 0 Å². The SMILES string of the molecule is CNC(C)(C#N)CCCCN1CCc2ccc(F)cc21. The first-order valence-electron chi connectivity index (χ1n) is 7.21. The van der Waals surface area contributed by atoms with Crippen molar-refractivity contribution in [1.29, 1.82) is 5.26 Å². The Kier molecular flexibility index (Phi) is 4.61. The number of nitriles is 1. The fourth-order valence-electron chi connectivity index (χ4n) is 2.67. The fraction of sp³-hybridized carbons (Fsp3) is 0.562. The van der Waals surface area contributed by atoms with Gasteiger partial charge in [0.05, 0.1) is 6.07 Å². The second kappa shape index (κ2) is 6.23. The Balaban J connectivity index is 1.83. The predicted molar refractivity (Wildman–Crippen MR) is 79.2 cm³/mol. The molecule has 1 aliphatic heterocycles. The largest absolute Gasteiger partial charge is 0.371 e. The van der Waals surface area contributed by atoms with Crippen LogP contribution < -0.4 is 10.2 Å². The lowest BCUT2D eigenvalue weighted by Crippen LogP contribution is -2.38. The van der Waals surface area contributed by atoms with Crippen molar-refractivity contribution in [3.05, 3.63) is 29.6 Å². The van der Waals surface area contributed by atoms with Crippen LogP contribution in [0.25, 0.3) is 0 Å². The van der Waals surface area contributed by atoms with Crippen molar-refractivity contribution in [2.75, 3.05) is 25.0 Å². The minimum atomic E-state index is -0.435. The first-order chi connectivity index (χ1) is 9.58. The number of hydrogen-bond donors (Lipinski definition) is 1. The molecule has 1 atom stereocenters. The second-order valence-corrected chi connectivity index (χ2v) is 5.66. The average molecular weight is 275 g/mol. The minimum Gasteiger partial charge on any atom is -0.371 e. The Morgan fingerprint density at radius 2 is 2.25 bits per heavy atom. The molecule has 0 aliphatic carbocycles. The zero-order valence-electron chi connectivity index (χ0n) is 12.2. The van der Waals surface area contributed by atoms with Gasteiger partial charge in [-0.2, -0.15) is 5.26 Å². The van der Waals surface area contributed by atoms with Crippen molar-refractivity contribution in [3.8, 4) is 6.07 Å². The monoisotopic (exact) mass is 275 g/mol. The molecule has 0 fully saturated rings. The summed E-state index contributed by atoms with van der Waals surface area (Å²) in [7, 11) is 1.82. The summed E-state index contributed by atoms with van der Waals surface area (Å²) >= 11 is 0. The number of nitrogens with one attached hydrogen (secondary N) is 1. The summed E-state index contributed by atoms with van der Waals surface area (Å²) in [6.07, 6.45) is 3.85. The molecule has 2 rings (SSSR count). The van der Waals surface area contributed by atoms with Gasteiger partial charge in [0, 0.05) is 18.8 Å². The van der Waals surface area contributed by atoms with Gasteiger partial charge < -0.3 is 10.2 Å². The first kappa shape index (κ1) is 14.8. The van der Waals surface area contributed by atoms with Crippen LogP contribution in [0.2, 0.25) is 0 Å². The smallest absolute Gasteiger partial charge is 0.125 e. The topological polar surface area (TPSA) is 39.1 Å². The fourth-order valence-corrected chi connectivity index (χ4v) is 2.67. The summed E-state index contributed by atoms with van der Waals surface area (Å²) in [5.41, 5.74) is 1.85. The van der Waals surface area contributed by atoms with Crippen molar-refractivity contribution in [1.82, 2.24) is 5.32 Å². The molecule has 20 heavy (non-hydrogen) atoms. The van der Waals surface area contributed by atoms with Crippen LogP contribution in [0.5, 0.6) is 0 Å². The summed E-state index contributed by atoms with van der Waals surface area (Å²) in [5.74, 6) is -0.164. The summed E-state index contributed by atoms with van der Waals surface area (Å²) in [4.78, 5) is 2.25. The van der Waals surface area contributed by atoms with E-state index in [4.69, 9.17) is 5.26 Å². The van der Waals surface area contributed by atoms with Crippen LogP contribution in [0.15, 0.2) is 18.2 Å². The highest BCUT2D eigenvalue weighted by atomic mass is 19.1. The molecule has 4 heteroatoms. The van der Waals surface area contributed by atoms with Crippen LogP contribution >= 0.6 is 0 Å². The highest BCUT2D eigenvalue weighted by Crippen LogP contribution is 2.29. The molecule has 1 unspecified atom stereocenters. The van der Waals surface area contributed by atoms with E-state index in [0.29, 0.717) is 0 Å². The number of fused-ring (bicyclic) bond motifs is 1. The maximum atomic E-state index is 13.3. The van der Waals surface area contributed by atoms with Gasteiger partial charge >= 0.3 is 0 Å². The molecule has 1 aromatic rings. The van der Waals surface area contributed by atoms with Gasteiger partial charge in [0.1, 0.15) is 11.4 Å². The van der Waals surface area contributed by atoms with E-state index in [0.717, 1.165) is 44.5 Å². The lowest BCUT2D eigenvalue weighted by atomic mass is 9.97. The maximum absolute atomic E-state index is 13.3. The molecule has 0 bridgehead atoms. The van der Waals surface area contributed by atoms with E-state index in [9.17, 15) is 4.39 Å². The Morgan fingerprint density at radius 1 is 1.45 bits per heavy atom. The number of halogens is 1. The third-order valence-corrected chi connectivity index (χ3v) is 4.19. The van der Waals surface area contributed by atoms with Gasteiger partial charge in [-0.15, -0.1) is 0 Å². The Morgan fingerprint density at radius 3 is 2.95 bits per heavy atom. The van der Waals surface area contributed by atoms with E-state index in [-0.39, 0.29) is 5.82 Å². The Labute approximate surface area is 120 Å². The highest BCUT2D eigenvalue weighted by molar-refractivity contribution is 5.58. The molecular formula is C16H22FN3. The standard InChI is InChI=1S/C16H22FN3/c1-16(12-18,19-2)8-3-4-9-20-10-7-13-5-6-14(17)11-15(13)20/h5-6,11,19H,3-4,7-10H2,1-2H3. The lowest BCUT2D eigenvalue weighted by molar-refractivity contribution is 0.434. The molecule has 0 amide bonds. The Bertz CT molecular complexity index is 509. The van der Waals surface area contributed by atoms with Crippen LogP contribution in [0, 0.1) is 17.1 Å². The van der Waals surface area contributed by atoms with Crippen molar-refractivity contribution in [2.24, 2.45) is 0 Å². The molecule has 3 nitrogen and oxygen atoms in total. The number of hydrogen-bond acceptors (Lipinski definition) is 3. The second-order valence-electron chi connectivity index (χ2n) is 5.66. The third kappa shape index (κ3) is 3.29. The molecule has 108 valence electrons. The van der Waals surface area contributed by atoms with Gasteiger partial charge in [0.25, 0.3) is 0 Å². The van der Waals surface area contributed by atoms with Crippen LogP contribution in [0.4, 0.5) is 10.1 Å². The number of benzene rings is 1. The lowest BCUT2D eigenvalue weighted by Gasteiger charge is -2.22. The van der Waals surface area contributed by atoms with Gasteiger partial charge in [-0.1, -0.05) is 6.07 Å². The summed E-state index contributed by atoms with van der Waals surface area (Å²) < 4.78 is 13.3. The highest BCUT2D eigenvalue weighted by Gasteiger charge is 2.22. The van der Waals surface area contributed by atoms with Crippen molar-refractivity contribution < 1.29 is 4.39 Å². The quantitative estimate of drug-likeness (QED) is 0.811. The number of rotatable bonds is 6. The molecular weight excluding hydrogens is 253 g/mol. The molecule has 1 N–H and O–H groups in total. The van der Waals surface area contributed by atoms with Gasteiger partial charge in [-0.25, -0.2) is 4.39 Å². The predicted octanol–water partition coefficient (Wildman–Crippen LogP) is 2.86. The van der Waals surface area contributed by atoms with Gasteiger partial charge in [0.15, 0.2) is 0 Å². The third-order valence-electron chi connectivity index (χ3n) is 4.19. The molecule has 0 aromatic heterocycles. The summed E-state index contributed by atoms with van der Waals surface area (Å²) in [5, 5.41) is 12.1. The Hall–Kier alpha value is -1.60. The average Bonchev–Trinajstić information content (AvgIpc) is 2.86. The van der Waals surface area contributed by atoms with Gasteiger partial charge in [-0.3, -0.25) is 0 Å². The molecule has 0 saturated heterocycles. The first-order valence-corrected chi connectivity index (χ1v) is 7.21. The van der Waals surface area contributed by atoms with E-state index in [1.807, 2.05) is 20.0 Å². The minimum absolute atomic E-state index is 0.164. The van der Waals surface area contributed by atoms with E-state index >= 15 is 0 Å². The van der Waals surface area contributed by atoms with E-state index in [2.05, 4.69) is 16.3 Å². The van der Waals surface area contributed by atoms with Crippen LogP contribution in [0.3, 0.4) is 0 Å². The maximum Gasteiger partial charge on any atom is 0.125 e. The molecule has 1 aliphatic rings. The number of unbranched alkanes of at least 4 members (excludes halogenated alkanes) is 1. The van der Waals surface area contributed by atoms with Crippen LogP contribution in [-0.4, -0.2) is 25.7 Å².